The van der Waals surface area contributed by atoms with Gasteiger partial charge in [-0.2, -0.15) is 11.3 Å². The molecule has 4 aliphatic rings. The number of esters is 1. The molecule has 9 heteroatoms. The molecule has 3 aliphatic heterocycles. The molecule has 3 atom stereocenters. The Morgan fingerprint density at radius 3 is 2.48 bits per heavy atom. The van der Waals surface area contributed by atoms with Crippen molar-refractivity contribution >= 4 is 23.2 Å². The molecule has 0 spiro atoms. The van der Waals surface area contributed by atoms with E-state index in [1.807, 2.05) is 16.8 Å². The summed E-state index contributed by atoms with van der Waals surface area (Å²) < 4.78 is 6.52. The van der Waals surface area contributed by atoms with Gasteiger partial charge in [-0.25, -0.2) is 14.8 Å². The third-order valence-electron chi connectivity index (χ3n) is 8.08. The van der Waals surface area contributed by atoms with Crippen LogP contribution in [0.1, 0.15) is 56.0 Å². The van der Waals surface area contributed by atoms with Gasteiger partial charge in [0, 0.05) is 42.6 Å². The minimum atomic E-state index is -1.63. The summed E-state index contributed by atoms with van der Waals surface area (Å²) >= 11 is 1.47. The number of aromatic nitrogens is 2. The van der Waals surface area contributed by atoms with Crippen LogP contribution in [0.4, 0.5) is 0 Å². The first-order valence-corrected chi connectivity index (χ1v) is 12.8. The van der Waals surface area contributed by atoms with Crippen LogP contribution in [0.5, 0.6) is 0 Å². The lowest BCUT2D eigenvalue weighted by Gasteiger charge is -2.54. The summed E-state index contributed by atoms with van der Waals surface area (Å²) in [6.45, 7) is 2.01. The van der Waals surface area contributed by atoms with E-state index in [2.05, 4.69) is 9.97 Å². The summed E-state index contributed by atoms with van der Waals surface area (Å²) in [6, 6.07) is 2.85. The number of thiophene rings is 1. The van der Waals surface area contributed by atoms with Crippen molar-refractivity contribution in [1.29, 1.82) is 0 Å². The van der Waals surface area contributed by atoms with Crippen molar-refractivity contribution in [3.05, 3.63) is 46.7 Å². The Labute approximate surface area is 197 Å². The summed E-state index contributed by atoms with van der Waals surface area (Å²) in [5, 5.41) is 15.4. The van der Waals surface area contributed by atoms with Crippen LogP contribution in [0.15, 0.2) is 35.3 Å². The zero-order valence-corrected chi connectivity index (χ0v) is 19.5. The van der Waals surface area contributed by atoms with E-state index in [9.17, 15) is 14.7 Å². The van der Waals surface area contributed by atoms with Gasteiger partial charge in [0.2, 0.25) is 6.04 Å². The number of hydrogen-bond acceptors (Lipinski definition) is 7. The Morgan fingerprint density at radius 2 is 1.88 bits per heavy atom. The molecule has 6 rings (SSSR count). The Morgan fingerprint density at radius 1 is 1.18 bits per heavy atom. The number of rotatable bonds is 7. The van der Waals surface area contributed by atoms with E-state index in [0.29, 0.717) is 22.4 Å². The Kier molecular flexibility index (Phi) is 5.96. The van der Waals surface area contributed by atoms with E-state index >= 15 is 0 Å². The number of ether oxygens (including phenoxy) is 1. The third kappa shape index (κ3) is 3.86. The van der Waals surface area contributed by atoms with E-state index in [4.69, 9.17) is 10.5 Å². The van der Waals surface area contributed by atoms with Gasteiger partial charge in [0.1, 0.15) is 6.54 Å². The van der Waals surface area contributed by atoms with Crippen LogP contribution in [0.25, 0.3) is 0 Å². The van der Waals surface area contributed by atoms with Gasteiger partial charge in [0.05, 0.1) is 13.1 Å². The van der Waals surface area contributed by atoms with Gasteiger partial charge in [-0.1, -0.05) is 12.8 Å². The molecule has 0 aromatic carbocycles. The summed E-state index contributed by atoms with van der Waals surface area (Å²) in [5.41, 5.74) is 4.86. The summed E-state index contributed by atoms with van der Waals surface area (Å²) in [5.74, 6) is -0.533. The van der Waals surface area contributed by atoms with Crippen molar-refractivity contribution in [3.63, 3.8) is 0 Å². The third-order valence-corrected chi connectivity index (χ3v) is 8.77. The van der Waals surface area contributed by atoms with E-state index in [0.717, 1.165) is 51.6 Å². The maximum atomic E-state index is 13.6. The summed E-state index contributed by atoms with van der Waals surface area (Å²) in [7, 11) is 0. The number of carbonyl (C=O) groups is 2. The van der Waals surface area contributed by atoms with E-state index in [1.165, 1.54) is 11.3 Å². The molecule has 2 bridgehead atoms. The van der Waals surface area contributed by atoms with Crippen LogP contribution in [0.3, 0.4) is 0 Å². The smallest absolute Gasteiger partial charge is 0.343 e. The average Bonchev–Trinajstić information content (AvgIpc) is 3.55. The largest absolute Gasteiger partial charge is 0.454 e. The van der Waals surface area contributed by atoms with Crippen molar-refractivity contribution in [2.45, 2.75) is 56.3 Å². The van der Waals surface area contributed by atoms with Crippen molar-refractivity contribution in [2.75, 3.05) is 19.6 Å². The maximum absolute atomic E-state index is 13.6. The molecule has 5 heterocycles. The van der Waals surface area contributed by atoms with Gasteiger partial charge in [-0.3, -0.25) is 4.79 Å². The number of carbonyl (C=O) groups excluding carboxylic acids is 2. The highest BCUT2D eigenvalue weighted by atomic mass is 32.1. The Bertz CT molecular complexity index is 987. The lowest BCUT2D eigenvalue weighted by atomic mass is 9.79. The lowest BCUT2D eigenvalue weighted by molar-refractivity contribution is -0.965. The first kappa shape index (κ1) is 22.4. The van der Waals surface area contributed by atoms with E-state index in [1.54, 1.807) is 18.5 Å². The standard InChI is InChI=1S/C24H30N4O4S/c25-21(29)20(22-26-9-3-10-27-22)28-11-6-16(7-12-28)19(14-28)32-23(30)24(31,17-4-1-2-5-17)18-8-13-33-15-18/h3,8-10,13,15-17,19-20,31H,1-2,4-7,11-12,14H2,(H-,25,29)/p+1/t16?,19-,20?,24?,28?/m0/s1. The van der Waals surface area contributed by atoms with Crippen molar-refractivity contribution in [3.8, 4) is 0 Å². The maximum Gasteiger partial charge on any atom is 0.343 e. The molecule has 4 fully saturated rings. The van der Waals surface area contributed by atoms with Gasteiger partial charge in [-0.15, -0.1) is 0 Å². The summed E-state index contributed by atoms with van der Waals surface area (Å²) in [4.78, 5) is 34.8. The lowest BCUT2D eigenvalue weighted by Crippen LogP contribution is -2.68. The average molecular weight is 472 g/mol. The number of piperidine rings is 3. The zero-order valence-electron chi connectivity index (χ0n) is 18.6. The fraction of sp³-hybridized carbons (Fsp3) is 0.583. The SMILES string of the molecule is NC(=O)C(c1ncccn1)[N+]12CCC(CC1)[C@@H](OC(=O)C(O)(c1ccsc1)C1CCCC1)C2. The number of hydrogen-bond donors (Lipinski definition) is 2. The molecule has 2 aromatic heterocycles. The van der Waals surface area contributed by atoms with Crippen LogP contribution in [0.2, 0.25) is 0 Å². The first-order chi connectivity index (χ1) is 15.9. The Balaban J connectivity index is 1.41. The van der Waals surface area contributed by atoms with Crippen molar-refractivity contribution in [1.82, 2.24) is 9.97 Å². The number of primary amides is 1. The van der Waals surface area contributed by atoms with E-state index in [-0.39, 0.29) is 17.9 Å². The first-order valence-electron chi connectivity index (χ1n) is 11.8. The molecule has 176 valence electrons. The molecular formula is C24H31N4O4S+. The number of nitrogens with two attached hydrogens (primary N) is 1. The highest BCUT2D eigenvalue weighted by Gasteiger charge is 2.56. The molecular weight excluding hydrogens is 440 g/mol. The number of amides is 1. The van der Waals surface area contributed by atoms with Gasteiger partial charge in [0.15, 0.2) is 17.5 Å². The van der Waals surface area contributed by atoms with Gasteiger partial charge in [0.25, 0.3) is 5.91 Å². The molecule has 0 radical (unpaired) electrons. The minimum absolute atomic E-state index is 0.139. The van der Waals surface area contributed by atoms with Gasteiger partial charge in [-0.05, 0) is 35.7 Å². The molecule has 8 nitrogen and oxygen atoms in total. The predicted octanol–water partition coefficient (Wildman–Crippen LogP) is 2.29. The molecule has 1 amide bonds. The summed E-state index contributed by atoms with van der Waals surface area (Å²) in [6.07, 6.45) is 8.15. The molecule has 1 saturated carbocycles. The topological polar surface area (TPSA) is 115 Å². The number of aliphatic hydroxyl groups is 1. The van der Waals surface area contributed by atoms with Crippen molar-refractivity contribution < 1.29 is 23.9 Å². The fourth-order valence-corrected chi connectivity index (χ4v) is 7.04. The molecule has 3 saturated heterocycles. The minimum Gasteiger partial charge on any atom is -0.454 e. The quantitative estimate of drug-likeness (QED) is 0.473. The molecule has 2 aromatic rings. The number of quaternary nitrogens is 1. The van der Waals surface area contributed by atoms with E-state index < -0.39 is 23.5 Å². The fourth-order valence-electron chi connectivity index (χ4n) is 6.33. The monoisotopic (exact) mass is 471 g/mol. The normalized spacial score (nSPS) is 30.0. The van der Waals surface area contributed by atoms with Crippen molar-refractivity contribution in [2.24, 2.45) is 17.6 Å². The molecule has 3 N–H and O–H groups in total. The zero-order chi connectivity index (χ0) is 23.1. The molecule has 33 heavy (non-hydrogen) atoms. The predicted molar refractivity (Wildman–Crippen MR) is 122 cm³/mol. The molecule has 1 aliphatic carbocycles. The van der Waals surface area contributed by atoms with Crippen LogP contribution < -0.4 is 5.73 Å². The number of fused-ring (bicyclic) bond motifs is 3. The van der Waals surface area contributed by atoms with Gasteiger partial charge < -0.3 is 20.1 Å². The second-order valence-corrected chi connectivity index (χ2v) is 10.6. The van der Waals surface area contributed by atoms with Gasteiger partial charge >= 0.3 is 5.97 Å². The van der Waals surface area contributed by atoms with Crippen LogP contribution >= 0.6 is 11.3 Å². The second-order valence-electron chi connectivity index (χ2n) is 9.80. The number of nitrogens with zero attached hydrogens (tertiary/aromatic N) is 3. The highest BCUT2D eigenvalue weighted by Crippen LogP contribution is 2.45. The molecule has 2 unspecified atom stereocenters. The highest BCUT2D eigenvalue weighted by molar-refractivity contribution is 7.08. The van der Waals surface area contributed by atoms with Crippen LogP contribution in [-0.2, 0) is 19.9 Å². The Hall–Kier alpha value is -2.36. The van der Waals surface area contributed by atoms with Crippen LogP contribution in [-0.4, -0.2) is 57.2 Å². The van der Waals surface area contributed by atoms with Crippen LogP contribution in [0, 0.1) is 11.8 Å². The second kappa shape index (κ2) is 8.77.